The predicted octanol–water partition coefficient (Wildman–Crippen LogP) is 0.763. The zero-order chi connectivity index (χ0) is 16.4. The van der Waals surface area contributed by atoms with Crippen LogP contribution in [-0.2, 0) is 16.8 Å². The first-order valence-electron chi connectivity index (χ1n) is 8.51. The molecule has 1 aromatic rings. The van der Waals surface area contributed by atoms with E-state index in [9.17, 15) is 4.79 Å². The molecule has 2 saturated heterocycles. The molecule has 1 amide bonds. The number of hydrogen-bond acceptors (Lipinski definition) is 6. The summed E-state index contributed by atoms with van der Waals surface area (Å²) in [5, 5.41) is 7.36. The number of nitrogens with one attached hydrogen (secondary N) is 1. The molecular formula is C16H27N5O2. The number of nitrogens with zero attached hydrogens (tertiary/aromatic N) is 4. The second-order valence-electron chi connectivity index (χ2n) is 7.52. The second kappa shape index (κ2) is 6.57. The molecule has 0 aliphatic carbocycles. The molecule has 7 heteroatoms. The molecule has 0 aromatic carbocycles. The maximum atomic E-state index is 12.4. The average molecular weight is 321 g/mol. The van der Waals surface area contributed by atoms with Crippen molar-refractivity contribution in [3.8, 4) is 0 Å². The van der Waals surface area contributed by atoms with E-state index in [1.54, 1.807) is 0 Å². The number of hydrogen-bond donors (Lipinski definition) is 1. The van der Waals surface area contributed by atoms with Crippen molar-refractivity contribution in [2.24, 2.45) is 0 Å². The van der Waals surface area contributed by atoms with Gasteiger partial charge in [-0.3, -0.25) is 9.69 Å². The van der Waals surface area contributed by atoms with Gasteiger partial charge in [0.05, 0.1) is 12.6 Å². The fourth-order valence-electron chi connectivity index (χ4n) is 3.06. The minimum absolute atomic E-state index is 0.0353. The lowest BCUT2D eigenvalue weighted by molar-refractivity contribution is -0.134. The molecule has 0 saturated carbocycles. The summed E-state index contributed by atoms with van der Waals surface area (Å²) in [6.07, 6.45) is 2.07. The highest BCUT2D eigenvalue weighted by atomic mass is 16.5. The van der Waals surface area contributed by atoms with Gasteiger partial charge in [0.2, 0.25) is 11.8 Å². The summed E-state index contributed by atoms with van der Waals surface area (Å²) in [4.78, 5) is 21.1. The Balaban J connectivity index is 1.49. The lowest BCUT2D eigenvalue weighted by atomic mass is 9.97. The van der Waals surface area contributed by atoms with E-state index in [1.165, 1.54) is 0 Å². The van der Waals surface area contributed by atoms with Crippen LogP contribution in [0, 0.1) is 0 Å². The average Bonchev–Trinajstić information content (AvgIpc) is 3.18. The third kappa shape index (κ3) is 3.90. The highest BCUT2D eigenvalue weighted by molar-refractivity contribution is 5.82. The number of carbonyl (C=O) groups is 1. The first-order valence-corrected chi connectivity index (χ1v) is 8.51. The van der Waals surface area contributed by atoms with Crippen molar-refractivity contribution in [3.05, 3.63) is 11.7 Å². The van der Waals surface area contributed by atoms with Crippen molar-refractivity contribution in [1.82, 2.24) is 25.3 Å². The molecule has 128 valence electrons. The van der Waals surface area contributed by atoms with Gasteiger partial charge in [0.25, 0.3) is 0 Å². The van der Waals surface area contributed by atoms with E-state index in [2.05, 4.69) is 41.1 Å². The third-order valence-electron chi connectivity index (χ3n) is 4.52. The fraction of sp³-hybridized carbons (Fsp3) is 0.812. The number of piperazine rings is 1. The van der Waals surface area contributed by atoms with E-state index in [4.69, 9.17) is 4.52 Å². The highest BCUT2D eigenvalue weighted by Crippen LogP contribution is 2.20. The zero-order valence-electron chi connectivity index (χ0n) is 14.3. The van der Waals surface area contributed by atoms with Gasteiger partial charge >= 0.3 is 0 Å². The minimum Gasteiger partial charge on any atom is -0.339 e. The van der Waals surface area contributed by atoms with Crippen molar-refractivity contribution >= 4 is 5.91 Å². The topological polar surface area (TPSA) is 74.5 Å². The maximum Gasteiger partial charge on any atom is 0.239 e. The Morgan fingerprint density at radius 3 is 2.61 bits per heavy atom. The van der Waals surface area contributed by atoms with Gasteiger partial charge in [0.15, 0.2) is 5.82 Å². The molecule has 2 aliphatic rings. The molecular weight excluding hydrogens is 294 g/mol. The summed E-state index contributed by atoms with van der Waals surface area (Å²) in [7, 11) is 0. The lowest BCUT2D eigenvalue weighted by Gasteiger charge is -2.35. The SMILES string of the molecule is CC(C)(C)c1nc(CN2CCN(C(=O)C3CCCN3)CC2)no1. The van der Waals surface area contributed by atoms with Crippen LogP contribution in [-0.4, -0.2) is 64.6 Å². The van der Waals surface area contributed by atoms with E-state index in [-0.39, 0.29) is 17.4 Å². The Morgan fingerprint density at radius 2 is 2.04 bits per heavy atom. The van der Waals surface area contributed by atoms with Crippen LogP contribution in [0.4, 0.5) is 0 Å². The molecule has 3 rings (SSSR count). The largest absolute Gasteiger partial charge is 0.339 e. The van der Waals surface area contributed by atoms with E-state index >= 15 is 0 Å². The Bertz CT molecular complexity index is 537. The van der Waals surface area contributed by atoms with Crippen LogP contribution >= 0.6 is 0 Å². The van der Waals surface area contributed by atoms with Crippen molar-refractivity contribution in [2.45, 2.75) is 51.6 Å². The molecule has 0 spiro atoms. The van der Waals surface area contributed by atoms with Gasteiger partial charge in [-0.25, -0.2) is 0 Å². The number of carbonyl (C=O) groups excluding carboxylic acids is 1. The van der Waals surface area contributed by atoms with Crippen LogP contribution < -0.4 is 5.32 Å². The summed E-state index contributed by atoms with van der Waals surface area (Å²) in [6, 6.07) is 0.0353. The third-order valence-corrected chi connectivity index (χ3v) is 4.52. The first kappa shape index (κ1) is 16.4. The smallest absolute Gasteiger partial charge is 0.239 e. The van der Waals surface area contributed by atoms with Gasteiger partial charge in [0.1, 0.15) is 0 Å². The van der Waals surface area contributed by atoms with Crippen LogP contribution in [0.25, 0.3) is 0 Å². The molecule has 3 heterocycles. The predicted molar refractivity (Wildman–Crippen MR) is 85.9 cm³/mol. The zero-order valence-corrected chi connectivity index (χ0v) is 14.3. The van der Waals surface area contributed by atoms with Gasteiger partial charge in [-0.1, -0.05) is 25.9 Å². The van der Waals surface area contributed by atoms with Crippen LogP contribution in [0.5, 0.6) is 0 Å². The molecule has 0 bridgehead atoms. The van der Waals surface area contributed by atoms with E-state index < -0.39 is 0 Å². The van der Waals surface area contributed by atoms with Crippen LogP contribution in [0.1, 0.15) is 45.3 Å². The Hall–Kier alpha value is -1.47. The van der Waals surface area contributed by atoms with Gasteiger partial charge in [0, 0.05) is 31.6 Å². The monoisotopic (exact) mass is 321 g/mol. The van der Waals surface area contributed by atoms with Crippen molar-refractivity contribution in [1.29, 1.82) is 0 Å². The number of amides is 1. The lowest BCUT2D eigenvalue weighted by Crippen LogP contribution is -2.52. The Labute approximate surface area is 137 Å². The maximum absolute atomic E-state index is 12.4. The molecule has 1 atom stereocenters. The molecule has 2 fully saturated rings. The summed E-state index contributed by atoms with van der Waals surface area (Å²) >= 11 is 0. The van der Waals surface area contributed by atoms with Crippen molar-refractivity contribution in [3.63, 3.8) is 0 Å². The number of aromatic nitrogens is 2. The minimum atomic E-state index is -0.120. The molecule has 1 N–H and O–H groups in total. The van der Waals surface area contributed by atoms with Crippen LogP contribution in [0.2, 0.25) is 0 Å². The first-order chi connectivity index (χ1) is 10.9. The Morgan fingerprint density at radius 1 is 1.30 bits per heavy atom. The van der Waals surface area contributed by atoms with Crippen LogP contribution in [0.15, 0.2) is 4.52 Å². The van der Waals surface area contributed by atoms with Gasteiger partial charge in [-0.05, 0) is 19.4 Å². The molecule has 1 aromatic heterocycles. The van der Waals surface area contributed by atoms with Gasteiger partial charge < -0.3 is 14.7 Å². The summed E-state index contributed by atoms with van der Waals surface area (Å²) < 4.78 is 5.34. The molecule has 0 radical (unpaired) electrons. The molecule has 1 unspecified atom stereocenters. The van der Waals surface area contributed by atoms with Crippen molar-refractivity contribution in [2.75, 3.05) is 32.7 Å². The summed E-state index contributed by atoms with van der Waals surface area (Å²) in [5.41, 5.74) is -0.120. The fourth-order valence-corrected chi connectivity index (χ4v) is 3.06. The highest BCUT2D eigenvalue weighted by Gasteiger charge is 2.29. The van der Waals surface area contributed by atoms with Gasteiger partial charge in [-0.15, -0.1) is 0 Å². The summed E-state index contributed by atoms with van der Waals surface area (Å²) in [5.74, 6) is 1.66. The Kier molecular flexibility index (Phi) is 4.68. The number of rotatable bonds is 3. The van der Waals surface area contributed by atoms with Crippen LogP contribution in [0.3, 0.4) is 0 Å². The normalized spacial score (nSPS) is 23.4. The molecule has 23 heavy (non-hydrogen) atoms. The van der Waals surface area contributed by atoms with E-state index in [1.807, 2.05) is 4.90 Å². The second-order valence-corrected chi connectivity index (χ2v) is 7.52. The molecule has 2 aliphatic heterocycles. The van der Waals surface area contributed by atoms with E-state index in [0.29, 0.717) is 12.4 Å². The summed E-state index contributed by atoms with van der Waals surface area (Å²) in [6.45, 7) is 11.1. The quantitative estimate of drug-likeness (QED) is 0.886. The van der Waals surface area contributed by atoms with E-state index in [0.717, 1.165) is 51.4 Å². The standard InChI is InChI=1S/C16H27N5O2/c1-16(2,3)15-18-13(19-23-15)11-20-7-9-21(10-8-20)14(22)12-5-4-6-17-12/h12,17H,4-11H2,1-3H3. The van der Waals surface area contributed by atoms with Gasteiger partial charge in [-0.2, -0.15) is 4.98 Å². The van der Waals surface area contributed by atoms with Crippen molar-refractivity contribution < 1.29 is 9.32 Å². The molecule has 7 nitrogen and oxygen atoms in total.